The van der Waals surface area contributed by atoms with E-state index in [-0.39, 0.29) is 23.7 Å². The molecule has 0 heterocycles. The van der Waals surface area contributed by atoms with Gasteiger partial charge in [-0.3, -0.25) is 4.79 Å². The van der Waals surface area contributed by atoms with E-state index in [4.69, 9.17) is 16.7 Å². The number of nitrogens with zero attached hydrogens (tertiary/aromatic N) is 1. The van der Waals surface area contributed by atoms with E-state index < -0.39 is 23.7 Å². The maximum absolute atomic E-state index is 12.5. The standard InChI is InChI=1S/C12H12ClF3N2O3/c1-18(5-4-10(19)20)11(21)17-9-3-2-7(6-8(9)13)12(14,15)16/h2-3,6H,4-5H2,1H3,(H,17,21)(H,19,20). The highest BCUT2D eigenvalue weighted by Crippen LogP contribution is 2.33. The number of urea groups is 1. The van der Waals surface area contributed by atoms with Crippen LogP contribution in [0.1, 0.15) is 12.0 Å². The minimum absolute atomic E-state index is 0.0110. The Morgan fingerprint density at radius 3 is 2.48 bits per heavy atom. The molecule has 0 saturated heterocycles. The zero-order valence-corrected chi connectivity index (χ0v) is 11.6. The zero-order chi connectivity index (χ0) is 16.2. The van der Waals surface area contributed by atoms with Crippen LogP contribution in [0.4, 0.5) is 23.7 Å². The number of carbonyl (C=O) groups excluding carboxylic acids is 1. The van der Waals surface area contributed by atoms with Crippen LogP contribution in [-0.2, 0) is 11.0 Å². The van der Waals surface area contributed by atoms with Crippen molar-refractivity contribution in [1.29, 1.82) is 0 Å². The molecule has 0 unspecified atom stereocenters. The number of halogens is 4. The zero-order valence-electron chi connectivity index (χ0n) is 10.9. The lowest BCUT2D eigenvalue weighted by atomic mass is 10.2. The molecule has 21 heavy (non-hydrogen) atoms. The first-order valence-corrected chi connectivity index (χ1v) is 6.09. The molecule has 0 fully saturated rings. The van der Waals surface area contributed by atoms with Crippen molar-refractivity contribution in [3.63, 3.8) is 0 Å². The lowest BCUT2D eigenvalue weighted by Gasteiger charge is -2.18. The molecule has 1 rings (SSSR count). The van der Waals surface area contributed by atoms with E-state index in [9.17, 15) is 22.8 Å². The van der Waals surface area contributed by atoms with Gasteiger partial charge in [-0.25, -0.2) is 4.79 Å². The number of benzene rings is 1. The molecule has 0 radical (unpaired) electrons. The molecule has 0 atom stereocenters. The van der Waals surface area contributed by atoms with Crippen LogP contribution in [0.2, 0.25) is 5.02 Å². The van der Waals surface area contributed by atoms with Crippen LogP contribution >= 0.6 is 11.6 Å². The van der Waals surface area contributed by atoms with Gasteiger partial charge in [-0.15, -0.1) is 0 Å². The summed E-state index contributed by atoms with van der Waals surface area (Å²) in [6.45, 7) is -0.0422. The first kappa shape index (κ1) is 17.1. The lowest BCUT2D eigenvalue weighted by Crippen LogP contribution is -2.33. The number of carbonyl (C=O) groups is 2. The van der Waals surface area contributed by atoms with Crippen LogP contribution in [0, 0.1) is 0 Å². The van der Waals surface area contributed by atoms with E-state index >= 15 is 0 Å². The molecule has 0 bridgehead atoms. The second-order valence-electron chi connectivity index (χ2n) is 4.19. The molecular formula is C12H12ClF3N2O3. The Labute approximate surface area is 123 Å². The quantitative estimate of drug-likeness (QED) is 0.892. The number of nitrogens with one attached hydrogen (secondary N) is 1. The van der Waals surface area contributed by atoms with E-state index in [1.807, 2.05) is 0 Å². The van der Waals surface area contributed by atoms with E-state index in [0.29, 0.717) is 6.07 Å². The summed E-state index contributed by atoms with van der Waals surface area (Å²) in [5.74, 6) is -1.07. The highest BCUT2D eigenvalue weighted by molar-refractivity contribution is 6.33. The van der Waals surface area contributed by atoms with Crippen molar-refractivity contribution < 1.29 is 27.9 Å². The Morgan fingerprint density at radius 2 is 2.00 bits per heavy atom. The Hall–Kier alpha value is -1.96. The van der Waals surface area contributed by atoms with E-state index in [1.54, 1.807) is 0 Å². The third kappa shape index (κ3) is 5.14. The second kappa shape index (κ2) is 6.66. The van der Waals surface area contributed by atoms with Gasteiger partial charge in [-0.2, -0.15) is 13.2 Å². The Kier molecular flexibility index (Phi) is 5.42. The van der Waals surface area contributed by atoms with Gasteiger partial charge in [0.25, 0.3) is 0 Å². The number of carboxylic acid groups (broad SMARTS) is 1. The normalized spacial score (nSPS) is 11.1. The smallest absolute Gasteiger partial charge is 0.416 e. The van der Waals surface area contributed by atoms with E-state index in [0.717, 1.165) is 17.0 Å². The number of carboxylic acids is 1. The Balaban J connectivity index is 2.75. The monoisotopic (exact) mass is 324 g/mol. The fourth-order valence-corrected chi connectivity index (χ4v) is 1.60. The molecule has 1 aromatic carbocycles. The van der Waals surface area contributed by atoms with Gasteiger partial charge in [0.2, 0.25) is 0 Å². The van der Waals surface area contributed by atoms with Crippen molar-refractivity contribution in [2.45, 2.75) is 12.6 Å². The number of alkyl halides is 3. The van der Waals surface area contributed by atoms with Crippen molar-refractivity contribution in [2.75, 3.05) is 18.9 Å². The second-order valence-corrected chi connectivity index (χ2v) is 4.60. The van der Waals surface area contributed by atoms with Crippen LogP contribution in [0.3, 0.4) is 0 Å². The predicted octanol–water partition coefficient (Wildman–Crippen LogP) is 3.30. The number of aliphatic carboxylic acids is 1. The van der Waals surface area contributed by atoms with Gasteiger partial charge in [0.1, 0.15) is 0 Å². The molecule has 5 nitrogen and oxygen atoms in total. The minimum Gasteiger partial charge on any atom is -0.481 e. The molecule has 2 amide bonds. The maximum Gasteiger partial charge on any atom is 0.416 e. The van der Waals surface area contributed by atoms with Gasteiger partial charge in [0.15, 0.2) is 0 Å². The van der Waals surface area contributed by atoms with Gasteiger partial charge in [-0.1, -0.05) is 11.6 Å². The third-order valence-electron chi connectivity index (χ3n) is 2.55. The van der Waals surface area contributed by atoms with Crippen LogP contribution in [-0.4, -0.2) is 35.6 Å². The highest BCUT2D eigenvalue weighted by atomic mass is 35.5. The number of rotatable bonds is 4. The van der Waals surface area contributed by atoms with Crippen LogP contribution < -0.4 is 5.32 Å². The summed E-state index contributed by atoms with van der Waals surface area (Å²) in [6.07, 6.45) is -4.77. The molecule has 0 spiro atoms. The fourth-order valence-electron chi connectivity index (χ4n) is 1.37. The number of amides is 2. The molecule has 116 valence electrons. The topological polar surface area (TPSA) is 69.6 Å². The Morgan fingerprint density at radius 1 is 1.38 bits per heavy atom. The highest BCUT2D eigenvalue weighted by Gasteiger charge is 2.31. The molecule has 0 aromatic heterocycles. The first-order valence-electron chi connectivity index (χ1n) is 5.72. The summed E-state index contributed by atoms with van der Waals surface area (Å²) in [7, 11) is 1.36. The summed E-state index contributed by atoms with van der Waals surface area (Å²) < 4.78 is 37.4. The van der Waals surface area contributed by atoms with Crippen LogP contribution in [0.5, 0.6) is 0 Å². The summed E-state index contributed by atoms with van der Waals surface area (Å²) in [4.78, 5) is 23.2. The summed E-state index contributed by atoms with van der Waals surface area (Å²) in [5, 5.41) is 10.5. The van der Waals surface area contributed by atoms with E-state index in [1.165, 1.54) is 7.05 Å². The molecule has 2 N–H and O–H groups in total. The SMILES string of the molecule is CN(CCC(=O)O)C(=O)Nc1ccc(C(F)(F)F)cc1Cl. The van der Waals surface area contributed by atoms with E-state index in [2.05, 4.69) is 5.32 Å². The van der Waals surface area contributed by atoms with Gasteiger partial charge < -0.3 is 15.3 Å². The first-order chi connectivity index (χ1) is 9.61. The maximum atomic E-state index is 12.5. The van der Waals surface area contributed by atoms with Crippen LogP contribution in [0.25, 0.3) is 0 Å². The van der Waals surface area contributed by atoms with Gasteiger partial charge in [-0.05, 0) is 18.2 Å². The van der Waals surface area contributed by atoms with Gasteiger partial charge in [0.05, 0.1) is 22.7 Å². The number of anilines is 1. The summed E-state index contributed by atoms with van der Waals surface area (Å²) in [5.41, 5.74) is -0.915. The molecule has 0 aliphatic carbocycles. The van der Waals surface area contributed by atoms with Crippen molar-refractivity contribution in [1.82, 2.24) is 4.90 Å². The lowest BCUT2D eigenvalue weighted by molar-refractivity contribution is -0.138. The van der Waals surface area contributed by atoms with Crippen molar-refractivity contribution in [3.05, 3.63) is 28.8 Å². The number of hydrogen-bond donors (Lipinski definition) is 2. The van der Waals surface area contributed by atoms with Crippen LogP contribution in [0.15, 0.2) is 18.2 Å². The predicted molar refractivity (Wildman–Crippen MR) is 70.4 cm³/mol. The largest absolute Gasteiger partial charge is 0.481 e. The average Bonchev–Trinajstić information content (AvgIpc) is 2.36. The average molecular weight is 325 g/mol. The number of hydrogen-bond acceptors (Lipinski definition) is 2. The summed E-state index contributed by atoms with van der Waals surface area (Å²) in [6, 6.07) is 1.86. The summed E-state index contributed by atoms with van der Waals surface area (Å²) >= 11 is 5.68. The third-order valence-corrected chi connectivity index (χ3v) is 2.86. The van der Waals surface area contributed by atoms with Gasteiger partial charge >= 0.3 is 18.2 Å². The molecule has 9 heteroatoms. The van der Waals surface area contributed by atoms with Crippen molar-refractivity contribution >= 4 is 29.3 Å². The molecular weight excluding hydrogens is 313 g/mol. The van der Waals surface area contributed by atoms with Crippen molar-refractivity contribution in [3.8, 4) is 0 Å². The van der Waals surface area contributed by atoms with Gasteiger partial charge in [0, 0.05) is 13.6 Å². The fraction of sp³-hybridized carbons (Fsp3) is 0.333. The molecule has 0 aliphatic rings. The minimum atomic E-state index is -4.52. The Bertz CT molecular complexity index is 549. The molecule has 0 saturated carbocycles. The van der Waals surface area contributed by atoms with Crippen molar-refractivity contribution in [2.24, 2.45) is 0 Å². The molecule has 0 aliphatic heterocycles. The molecule has 1 aromatic rings.